The Labute approximate surface area is 122 Å². The van der Waals surface area contributed by atoms with Gasteiger partial charge in [-0.3, -0.25) is 4.79 Å². The monoisotopic (exact) mass is 277 g/mol. The zero-order chi connectivity index (χ0) is 14.8. The van der Waals surface area contributed by atoms with E-state index in [1.165, 1.54) is 11.6 Å². The third-order valence-electron chi connectivity index (χ3n) is 3.33. The van der Waals surface area contributed by atoms with Crippen molar-refractivity contribution in [3.05, 3.63) is 65.1 Å². The van der Waals surface area contributed by atoms with Crippen molar-refractivity contribution in [3.8, 4) is 0 Å². The van der Waals surface area contributed by atoms with Crippen molar-refractivity contribution in [2.75, 3.05) is 0 Å². The summed E-state index contributed by atoms with van der Waals surface area (Å²) in [5.74, 6) is 0.151. The number of imidazole rings is 1. The van der Waals surface area contributed by atoms with Gasteiger partial charge in [0, 0.05) is 6.20 Å². The summed E-state index contributed by atoms with van der Waals surface area (Å²) in [6.07, 6.45) is 5.01. The van der Waals surface area contributed by atoms with Crippen LogP contribution in [0.25, 0.3) is 17.2 Å². The van der Waals surface area contributed by atoms with Gasteiger partial charge in [0.25, 0.3) is 0 Å². The first-order valence-electron chi connectivity index (χ1n) is 6.74. The van der Waals surface area contributed by atoms with E-state index in [-0.39, 0.29) is 5.78 Å². The third kappa shape index (κ3) is 2.74. The molecule has 2 aromatic heterocycles. The van der Waals surface area contributed by atoms with Crippen molar-refractivity contribution in [1.29, 1.82) is 0 Å². The zero-order valence-electron chi connectivity index (χ0n) is 11.9. The maximum Gasteiger partial charge on any atom is 0.221 e. The van der Waals surface area contributed by atoms with Crippen molar-refractivity contribution < 1.29 is 4.79 Å². The van der Waals surface area contributed by atoms with Gasteiger partial charge in [-0.2, -0.15) is 0 Å². The molecule has 104 valence electrons. The van der Waals surface area contributed by atoms with E-state index < -0.39 is 0 Å². The normalized spacial score (nSPS) is 11.3. The molecule has 0 aliphatic carbocycles. The van der Waals surface area contributed by atoms with Gasteiger partial charge in [-0.25, -0.2) is 9.97 Å². The minimum Gasteiger partial charge on any atom is -0.334 e. The summed E-state index contributed by atoms with van der Waals surface area (Å²) in [5.41, 5.74) is 4.70. The standard InChI is InChI=1S/C17H15N3O/c1-11-5-6-13(12(2)10-11)7-8-15(21)17-19-14-4-3-9-18-16(14)20-17/h3-10H,1-2H3,(H,18,19,20)/b8-7+. The Hall–Kier alpha value is -2.75. The molecule has 1 N–H and O–H groups in total. The Morgan fingerprint density at radius 1 is 1.24 bits per heavy atom. The summed E-state index contributed by atoms with van der Waals surface area (Å²) in [5, 5.41) is 0. The highest BCUT2D eigenvalue weighted by Gasteiger charge is 2.08. The number of hydrogen-bond acceptors (Lipinski definition) is 3. The Morgan fingerprint density at radius 2 is 2.10 bits per heavy atom. The molecule has 3 rings (SSSR count). The van der Waals surface area contributed by atoms with Gasteiger partial charge in [-0.1, -0.05) is 29.8 Å². The number of pyridine rings is 1. The second-order valence-electron chi connectivity index (χ2n) is 5.02. The molecule has 21 heavy (non-hydrogen) atoms. The molecule has 2 heterocycles. The quantitative estimate of drug-likeness (QED) is 0.589. The molecule has 0 atom stereocenters. The van der Waals surface area contributed by atoms with Gasteiger partial charge in [-0.15, -0.1) is 0 Å². The fraction of sp³-hybridized carbons (Fsp3) is 0.118. The van der Waals surface area contributed by atoms with Gasteiger partial charge in [-0.05, 0) is 43.2 Å². The van der Waals surface area contributed by atoms with Crippen LogP contribution in [0.5, 0.6) is 0 Å². The van der Waals surface area contributed by atoms with Crippen LogP contribution in [-0.4, -0.2) is 20.7 Å². The van der Waals surface area contributed by atoms with Crippen molar-refractivity contribution in [1.82, 2.24) is 15.0 Å². The van der Waals surface area contributed by atoms with Crippen LogP contribution in [0.15, 0.2) is 42.6 Å². The molecular formula is C17H15N3O. The number of carbonyl (C=O) groups excluding carboxylic acids is 1. The van der Waals surface area contributed by atoms with Crippen LogP contribution in [0.3, 0.4) is 0 Å². The van der Waals surface area contributed by atoms with Gasteiger partial charge in [0.15, 0.2) is 11.5 Å². The van der Waals surface area contributed by atoms with Crippen LogP contribution >= 0.6 is 0 Å². The number of nitrogens with one attached hydrogen (secondary N) is 1. The lowest BCUT2D eigenvalue weighted by Crippen LogP contribution is -1.97. The highest BCUT2D eigenvalue weighted by Crippen LogP contribution is 2.13. The van der Waals surface area contributed by atoms with Crippen molar-refractivity contribution in [2.45, 2.75) is 13.8 Å². The SMILES string of the molecule is Cc1ccc(/C=C/C(=O)c2nc3ncccc3[nH]2)c(C)c1. The summed E-state index contributed by atoms with van der Waals surface area (Å²) >= 11 is 0. The Morgan fingerprint density at radius 3 is 2.86 bits per heavy atom. The highest BCUT2D eigenvalue weighted by molar-refractivity contribution is 6.05. The predicted octanol–water partition coefficient (Wildman–Crippen LogP) is 3.47. The number of aryl methyl sites for hydroxylation is 2. The number of nitrogens with zero attached hydrogens (tertiary/aromatic N) is 2. The number of H-pyrrole nitrogens is 1. The van der Waals surface area contributed by atoms with E-state index in [1.807, 2.05) is 38.1 Å². The van der Waals surface area contributed by atoms with E-state index in [0.29, 0.717) is 11.5 Å². The maximum atomic E-state index is 12.2. The van der Waals surface area contributed by atoms with Crippen LogP contribution in [0.4, 0.5) is 0 Å². The summed E-state index contributed by atoms with van der Waals surface area (Å²) in [7, 11) is 0. The lowest BCUT2D eigenvalue weighted by Gasteiger charge is -2.00. The lowest BCUT2D eigenvalue weighted by atomic mass is 10.1. The van der Waals surface area contributed by atoms with Gasteiger partial charge >= 0.3 is 0 Å². The summed E-state index contributed by atoms with van der Waals surface area (Å²) in [4.78, 5) is 23.4. The smallest absolute Gasteiger partial charge is 0.221 e. The van der Waals surface area contributed by atoms with E-state index >= 15 is 0 Å². The van der Waals surface area contributed by atoms with Gasteiger partial charge in [0.05, 0.1) is 5.52 Å². The number of carbonyl (C=O) groups is 1. The maximum absolute atomic E-state index is 12.2. The van der Waals surface area contributed by atoms with Gasteiger partial charge in [0.2, 0.25) is 5.78 Å². The molecule has 0 saturated carbocycles. The lowest BCUT2D eigenvalue weighted by molar-refractivity contribution is 0.103. The first kappa shape index (κ1) is 13.2. The number of hydrogen-bond donors (Lipinski definition) is 1. The number of fused-ring (bicyclic) bond motifs is 1. The number of ketones is 1. The molecule has 0 saturated heterocycles. The second-order valence-corrected chi connectivity index (χ2v) is 5.02. The molecule has 4 nitrogen and oxygen atoms in total. The fourth-order valence-electron chi connectivity index (χ4n) is 2.22. The number of benzene rings is 1. The van der Waals surface area contributed by atoms with Crippen LogP contribution in [0.2, 0.25) is 0 Å². The largest absolute Gasteiger partial charge is 0.334 e. The van der Waals surface area contributed by atoms with E-state index in [0.717, 1.165) is 16.6 Å². The van der Waals surface area contributed by atoms with Crippen LogP contribution in [0, 0.1) is 13.8 Å². The number of allylic oxidation sites excluding steroid dienone is 1. The first-order chi connectivity index (χ1) is 10.1. The van der Waals surface area contributed by atoms with E-state index in [1.54, 1.807) is 12.3 Å². The van der Waals surface area contributed by atoms with Crippen LogP contribution in [0.1, 0.15) is 27.3 Å². The minimum absolute atomic E-state index is 0.159. The molecule has 3 aromatic rings. The van der Waals surface area contributed by atoms with Crippen molar-refractivity contribution in [2.24, 2.45) is 0 Å². The second kappa shape index (κ2) is 5.32. The summed E-state index contributed by atoms with van der Waals surface area (Å²) < 4.78 is 0. The molecule has 4 heteroatoms. The van der Waals surface area contributed by atoms with Gasteiger partial charge in [0.1, 0.15) is 0 Å². The number of aromatic nitrogens is 3. The Balaban J connectivity index is 1.86. The number of rotatable bonds is 3. The molecule has 0 spiro atoms. The third-order valence-corrected chi connectivity index (χ3v) is 3.33. The average Bonchev–Trinajstić information content (AvgIpc) is 2.90. The molecule has 0 radical (unpaired) electrons. The molecule has 0 bridgehead atoms. The molecule has 0 unspecified atom stereocenters. The van der Waals surface area contributed by atoms with Crippen molar-refractivity contribution >= 4 is 23.0 Å². The number of aromatic amines is 1. The zero-order valence-corrected chi connectivity index (χ0v) is 11.9. The fourth-order valence-corrected chi connectivity index (χ4v) is 2.22. The van der Waals surface area contributed by atoms with Crippen LogP contribution < -0.4 is 0 Å². The Bertz CT molecular complexity index is 813. The molecule has 0 aliphatic heterocycles. The van der Waals surface area contributed by atoms with E-state index in [4.69, 9.17) is 0 Å². The Kier molecular flexibility index (Phi) is 3.36. The van der Waals surface area contributed by atoms with Crippen molar-refractivity contribution in [3.63, 3.8) is 0 Å². The predicted molar refractivity (Wildman–Crippen MR) is 83.2 cm³/mol. The summed E-state index contributed by atoms with van der Waals surface area (Å²) in [6.45, 7) is 4.08. The van der Waals surface area contributed by atoms with Gasteiger partial charge < -0.3 is 4.98 Å². The molecule has 0 amide bonds. The first-order valence-corrected chi connectivity index (χ1v) is 6.74. The molecular weight excluding hydrogens is 262 g/mol. The minimum atomic E-state index is -0.159. The molecule has 0 fully saturated rings. The molecule has 1 aromatic carbocycles. The average molecular weight is 277 g/mol. The topological polar surface area (TPSA) is 58.6 Å². The molecule has 0 aliphatic rings. The highest BCUT2D eigenvalue weighted by atomic mass is 16.1. The van der Waals surface area contributed by atoms with E-state index in [9.17, 15) is 4.79 Å². The van der Waals surface area contributed by atoms with Crippen LogP contribution in [-0.2, 0) is 0 Å². The summed E-state index contributed by atoms with van der Waals surface area (Å²) in [6, 6.07) is 9.78. The van der Waals surface area contributed by atoms with E-state index in [2.05, 4.69) is 21.0 Å².